The zero-order valence-electron chi connectivity index (χ0n) is 22.2. The van der Waals surface area contributed by atoms with E-state index in [-0.39, 0.29) is 0 Å². The molecule has 5 heteroatoms. The quantitative estimate of drug-likeness (QED) is 0.0806. The Morgan fingerprint density at radius 1 is 0.811 bits per heavy atom. The molecule has 0 atom stereocenters. The smallest absolute Gasteiger partial charge is 0.343 e. The first-order valence-corrected chi connectivity index (χ1v) is 13.7. The molecule has 0 fully saturated rings. The van der Waals surface area contributed by atoms with Crippen LogP contribution in [0.2, 0.25) is 0 Å². The number of hydrogen-bond donors (Lipinski definition) is 0. The lowest BCUT2D eigenvalue weighted by atomic mass is 10.1. The number of hydrogen-bond acceptors (Lipinski definition) is 5. The van der Waals surface area contributed by atoms with Gasteiger partial charge in [-0.15, -0.1) is 6.58 Å². The third kappa shape index (κ3) is 10.2. The normalized spacial score (nSPS) is 10.7. The van der Waals surface area contributed by atoms with Crippen molar-refractivity contribution in [3.05, 3.63) is 84.7 Å². The summed E-state index contributed by atoms with van der Waals surface area (Å²) in [7, 11) is 0. The number of carbonyl (C=O) groups is 1. The molecule has 0 N–H and O–H groups in total. The van der Waals surface area contributed by atoms with Gasteiger partial charge in [-0.2, -0.15) is 0 Å². The minimum Gasteiger partial charge on any atom is -0.494 e. The molecule has 0 bridgehead atoms. The van der Waals surface area contributed by atoms with Crippen molar-refractivity contribution in [3.63, 3.8) is 0 Å². The second-order valence-electron chi connectivity index (χ2n) is 9.36. The summed E-state index contributed by atoms with van der Waals surface area (Å²) in [6.07, 6.45) is 18.7. The number of unbranched alkanes of at least 4 members (excludes halogenated alkanes) is 8. The van der Waals surface area contributed by atoms with E-state index < -0.39 is 5.97 Å². The van der Waals surface area contributed by atoms with Crippen molar-refractivity contribution in [2.45, 2.75) is 77.6 Å². The molecule has 0 aliphatic rings. The third-order valence-electron chi connectivity index (χ3n) is 6.26. The van der Waals surface area contributed by atoms with Gasteiger partial charge in [0.05, 0.1) is 12.2 Å². The highest BCUT2D eigenvalue weighted by atomic mass is 16.5. The van der Waals surface area contributed by atoms with Crippen LogP contribution in [0.25, 0.3) is 11.4 Å². The molecule has 0 radical (unpaired) electrons. The second-order valence-corrected chi connectivity index (χ2v) is 9.36. The summed E-state index contributed by atoms with van der Waals surface area (Å²) in [5.74, 6) is 1.50. The summed E-state index contributed by atoms with van der Waals surface area (Å²) in [5, 5.41) is 0. The van der Waals surface area contributed by atoms with Crippen molar-refractivity contribution < 1.29 is 14.3 Å². The molecule has 3 rings (SSSR count). The van der Waals surface area contributed by atoms with Crippen LogP contribution in [0.4, 0.5) is 0 Å². The lowest BCUT2D eigenvalue weighted by Gasteiger charge is -2.08. The fourth-order valence-electron chi connectivity index (χ4n) is 4.03. The predicted molar refractivity (Wildman–Crippen MR) is 150 cm³/mol. The van der Waals surface area contributed by atoms with Crippen LogP contribution < -0.4 is 9.47 Å². The van der Waals surface area contributed by atoms with Gasteiger partial charge < -0.3 is 9.47 Å². The van der Waals surface area contributed by atoms with Crippen LogP contribution in [0.1, 0.15) is 87.1 Å². The Morgan fingerprint density at radius 3 is 2.16 bits per heavy atom. The van der Waals surface area contributed by atoms with Gasteiger partial charge in [-0.05, 0) is 86.2 Å². The first kappa shape index (κ1) is 28.1. The summed E-state index contributed by atoms with van der Waals surface area (Å²) in [6, 6.07) is 14.4. The number of rotatable bonds is 17. The van der Waals surface area contributed by atoms with Gasteiger partial charge in [0.15, 0.2) is 5.82 Å². The maximum absolute atomic E-state index is 12.6. The number of benzene rings is 2. The monoisotopic (exact) mass is 500 g/mol. The lowest BCUT2D eigenvalue weighted by molar-refractivity contribution is 0.0734. The van der Waals surface area contributed by atoms with Gasteiger partial charge in [0.1, 0.15) is 11.5 Å². The molecular formula is C32H40N2O3. The lowest BCUT2D eigenvalue weighted by Crippen LogP contribution is -2.08. The van der Waals surface area contributed by atoms with Crippen molar-refractivity contribution in [2.75, 3.05) is 6.61 Å². The number of carbonyl (C=O) groups excluding carboxylic acids is 1. The predicted octanol–water partition coefficient (Wildman–Crippen LogP) is 8.39. The summed E-state index contributed by atoms with van der Waals surface area (Å²) < 4.78 is 11.3. The van der Waals surface area contributed by atoms with E-state index in [4.69, 9.17) is 9.47 Å². The van der Waals surface area contributed by atoms with E-state index in [1.807, 2.05) is 42.7 Å². The standard InChI is InChI=1S/C32H40N2O3/c1-3-5-7-9-11-13-23-36-29-19-17-28(18-20-29)32(35)37-30-21-15-27(16-22-30)31-33-24-26(25-34-31)14-12-10-8-6-4-2/h3,15-22,24-25H,1,4-14,23H2,2H3. The van der Waals surface area contributed by atoms with E-state index in [9.17, 15) is 4.79 Å². The average molecular weight is 501 g/mol. The molecule has 1 aromatic heterocycles. The van der Waals surface area contributed by atoms with Gasteiger partial charge in [0.25, 0.3) is 0 Å². The summed E-state index contributed by atoms with van der Waals surface area (Å²) in [4.78, 5) is 21.6. The van der Waals surface area contributed by atoms with E-state index >= 15 is 0 Å². The van der Waals surface area contributed by atoms with Crippen LogP contribution in [0.5, 0.6) is 11.5 Å². The largest absolute Gasteiger partial charge is 0.494 e. The average Bonchev–Trinajstić information content (AvgIpc) is 2.93. The molecule has 2 aromatic carbocycles. The van der Waals surface area contributed by atoms with Gasteiger partial charge in [0, 0.05) is 18.0 Å². The SMILES string of the molecule is C=CCCCCCCOc1ccc(C(=O)Oc2ccc(-c3ncc(CCCCCCC)cn3)cc2)cc1. The molecule has 0 saturated heterocycles. The second kappa shape index (κ2) is 16.3. The van der Waals surface area contributed by atoms with Gasteiger partial charge in [-0.25, -0.2) is 14.8 Å². The fraction of sp³-hybridized carbons (Fsp3) is 0.406. The van der Waals surface area contributed by atoms with E-state index in [2.05, 4.69) is 23.5 Å². The van der Waals surface area contributed by atoms with Crippen molar-refractivity contribution >= 4 is 5.97 Å². The molecule has 0 saturated carbocycles. The topological polar surface area (TPSA) is 61.3 Å². The Morgan fingerprint density at radius 2 is 1.46 bits per heavy atom. The Labute approximate surface area is 222 Å². The highest BCUT2D eigenvalue weighted by Crippen LogP contribution is 2.21. The Hall–Kier alpha value is -3.47. The first-order chi connectivity index (χ1) is 18.2. The van der Waals surface area contributed by atoms with E-state index in [1.165, 1.54) is 50.5 Å². The first-order valence-electron chi connectivity index (χ1n) is 13.7. The zero-order valence-corrected chi connectivity index (χ0v) is 22.2. The van der Waals surface area contributed by atoms with Crippen LogP contribution in [0, 0.1) is 0 Å². The molecule has 0 amide bonds. The van der Waals surface area contributed by atoms with E-state index in [1.54, 1.807) is 24.3 Å². The Kier molecular flexibility index (Phi) is 12.4. The fourth-order valence-corrected chi connectivity index (χ4v) is 4.03. The van der Waals surface area contributed by atoms with Crippen molar-refractivity contribution in [1.82, 2.24) is 9.97 Å². The van der Waals surface area contributed by atoms with Crippen molar-refractivity contribution in [1.29, 1.82) is 0 Å². The van der Waals surface area contributed by atoms with Crippen molar-refractivity contribution in [2.24, 2.45) is 0 Å². The van der Waals surface area contributed by atoms with Crippen LogP contribution >= 0.6 is 0 Å². The number of aryl methyl sites for hydroxylation is 1. The third-order valence-corrected chi connectivity index (χ3v) is 6.26. The van der Waals surface area contributed by atoms with Gasteiger partial charge in [-0.3, -0.25) is 0 Å². The Bertz CT molecular complexity index is 1060. The molecule has 1 heterocycles. The number of nitrogens with zero attached hydrogens (tertiary/aromatic N) is 2. The molecular weight excluding hydrogens is 460 g/mol. The van der Waals surface area contributed by atoms with Crippen LogP contribution in [-0.2, 0) is 6.42 Å². The molecule has 0 spiro atoms. The van der Waals surface area contributed by atoms with Crippen molar-refractivity contribution in [3.8, 4) is 22.9 Å². The van der Waals surface area contributed by atoms with Crippen LogP contribution in [0.15, 0.2) is 73.6 Å². The zero-order chi connectivity index (χ0) is 26.1. The minimum absolute atomic E-state index is 0.402. The Balaban J connectivity index is 1.42. The number of ether oxygens (including phenoxy) is 2. The molecule has 3 aromatic rings. The molecule has 0 aliphatic heterocycles. The maximum Gasteiger partial charge on any atom is 0.343 e. The molecule has 0 aliphatic carbocycles. The highest BCUT2D eigenvalue weighted by molar-refractivity contribution is 5.91. The summed E-state index contributed by atoms with van der Waals surface area (Å²) in [5.41, 5.74) is 2.53. The number of aromatic nitrogens is 2. The number of allylic oxidation sites excluding steroid dienone is 1. The van der Waals surface area contributed by atoms with Crippen LogP contribution in [0.3, 0.4) is 0 Å². The highest BCUT2D eigenvalue weighted by Gasteiger charge is 2.10. The number of esters is 1. The van der Waals surface area contributed by atoms with Gasteiger partial charge in [0.2, 0.25) is 0 Å². The minimum atomic E-state index is -0.402. The van der Waals surface area contributed by atoms with Crippen LogP contribution in [-0.4, -0.2) is 22.5 Å². The molecule has 37 heavy (non-hydrogen) atoms. The molecule has 5 nitrogen and oxygen atoms in total. The van der Waals surface area contributed by atoms with Gasteiger partial charge in [-0.1, -0.05) is 51.5 Å². The van der Waals surface area contributed by atoms with E-state index in [0.717, 1.165) is 37.0 Å². The maximum atomic E-state index is 12.6. The summed E-state index contributed by atoms with van der Waals surface area (Å²) in [6.45, 7) is 6.65. The van der Waals surface area contributed by atoms with Gasteiger partial charge >= 0.3 is 5.97 Å². The molecule has 196 valence electrons. The molecule has 0 unspecified atom stereocenters. The van der Waals surface area contributed by atoms with E-state index in [0.29, 0.717) is 23.7 Å². The summed E-state index contributed by atoms with van der Waals surface area (Å²) >= 11 is 0.